The lowest BCUT2D eigenvalue weighted by Gasteiger charge is -2.35. The summed E-state index contributed by atoms with van der Waals surface area (Å²) in [7, 11) is 0. The first-order valence-corrected chi connectivity index (χ1v) is 9.91. The molecule has 0 aliphatic carbocycles. The predicted octanol–water partition coefficient (Wildman–Crippen LogP) is 2.97. The lowest BCUT2D eigenvalue weighted by atomic mass is 10.1. The maximum atomic E-state index is 12.6. The molecule has 0 spiro atoms. The Labute approximate surface area is 164 Å². The minimum absolute atomic E-state index is 0.120. The number of rotatable bonds is 4. The molecule has 0 N–H and O–H groups in total. The maximum absolute atomic E-state index is 12.6. The third kappa shape index (κ3) is 4.33. The molecule has 2 saturated heterocycles. The van der Waals surface area contributed by atoms with Crippen molar-refractivity contribution in [3.05, 3.63) is 47.2 Å². The van der Waals surface area contributed by atoms with E-state index < -0.39 is 0 Å². The number of halogens is 1. The molecule has 2 fully saturated rings. The monoisotopic (exact) mass is 385 g/mol. The quantitative estimate of drug-likeness (QED) is 0.809. The summed E-state index contributed by atoms with van der Waals surface area (Å²) < 4.78 is 0. The van der Waals surface area contributed by atoms with Crippen molar-refractivity contribution in [3.63, 3.8) is 0 Å². The molecule has 0 bridgehead atoms. The fourth-order valence-corrected chi connectivity index (χ4v) is 3.81. The van der Waals surface area contributed by atoms with Gasteiger partial charge in [0.2, 0.25) is 5.91 Å². The molecule has 2 aliphatic rings. The fourth-order valence-electron chi connectivity index (χ4n) is 3.69. The highest BCUT2D eigenvalue weighted by molar-refractivity contribution is 6.30. The lowest BCUT2D eigenvalue weighted by Crippen LogP contribution is -2.50. The van der Waals surface area contributed by atoms with Gasteiger partial charge in [0, 0.05) is 43.8 Å². The second kappa shape index (κ2) is 8.13. The Morgan fingerprint density at radius 3 is 2.30 bits per heavy atom. The molecule has 1 amide bonds. The Hall–Kier alpha value is -2.34. The highest BCUT2D eigenvalue weighted by Gasteiger charge is 2.25. The first-order valence-electron chi connectivity index (χ1n) is 9.53. The Bertz CT molecular complexity index is 791. The molecule has 7 heteroatoms. The van der Waals surface area contributed by atoms with E-state index in [4.69, 9.17) is 11.6 Å². The van der Waals surface area contributed by atoms with E-state index in [9.17, 15) is 4.79 Å². The van der Waals surface area contributed by atoms with Crippen LogP contribution in [-0.2, 0) is 11.3 Å². The number of carbonyl (C=O) groups excluding carboxylic acids is 1. The van der Waals surface area contributed by atoms with E-state index in [0.717, 1.165) is 36.8 Å². The van der Waals surface area contributed by atoms with Gasteiger partial charge in [0.1, 0.15) is 18.0 Å². The molecule has 3 heterocycles. The van der Waals surface area contributed by atoms with Crippen LogP contribution in [0, 0.1) is 0 Å². The SMILES string of the molecule is O=C1CN(c2cc(N3CCCCC3)ncn2)CCN1Cc1ccc(Cl)cc1. The number of aromatic nitrogens is 2. The number of benzene rings is 1. The highest BCUT2D eigenvalue weighted by Crippen LogP contribution is 2.22. The summed E-state index contributed by atoms with van der Waals surface area (Å²) in [6.45, 7) is 4.52. The fraction of sp³-hybridized carbons (Fsp3) is 0.450. The van der Waals surface area contributed by atoms with Crippen molar-refractivity contribution in [2.75, 3.05) is 42.5 Å². The topological polar surface area (TPSA) is 52.6 Å². The maximum Gasteiger partial charge on any atom is 0.242 e. The number of nitrogens with zero attached hydrogens (tertiary/aromatic N) is 5. The van der Waals surface area contributed by atoms with Crippen molar-refractivity contribution in [2.45, 2.75) is 25.8 Å². The number of piperazine rings is 1. The Balaban J connectivity index is 1.40. The van der Waals surface area contributed by atoms with Crippen LogP contribution in [0.3, 0.4) is 0 Å². The van der Waals surface area contributed by atoms with Gasteiger partial charge in [-0.15, -0.1) is 0 Å². The van der Waals surface area contributed by atoms with Crippen LogP contribution in [0.15, 0.2) is 36.7 Å². The van der Waals surface area contributed by atoms with Crippen LogP contribution in [-0.4, -0.2) is 53.5 Å². The van der Waals surface area contributed by atoms with E-state index in [-0.39, 0.29) is 5.91 Å². The third-order valence-corrected chi connectivity index (χ3v) is 5.50. The average Bonchev–Trinajstić information content (AvgIpc) is 2.72. The van der Waals surface area contributed by atoms with Gasteiger partial charge in [-0.1, -0.05) is 23.7 Å². The number of amides is 1. The normalized spacial score (nSPS) is 18.1. The van der Waals surface area contributed by atoms with Gasteiger partial charge in [0.25, 0.3) is 0 Å². The van der Waals surface area contributed by atoms with Gasteiger partial charge in [0.15, 0.2) is 0 Å². The van der Waals surface area contributed by atoms with E-state index in [1.165, 1.54) is 19.3 Å². The van der Waals surface area contributed by atoms with Crippen molar-refractivity contribution in [3.8, 4) is 0 Å². The summed E-state index contributed by atoms with van der Waals surface area (Å²) >= 11 is 5.94. The van der Waals surface area contributed by atoms with Crippen LogP contribution in [0.2, 0.25) is 5.02 Å². The van der Waals surface area contributed by atoms with E-state index in [1.807, 2.05) is 35.2 Å². The lowest BCUT2D eigenvalue weighted by molar-refractivity contribution is -0.131. The molecule has 2 aliphatic heterocycles. The van der Waals surface area contributed by atoms with Crippen LogP contribution in [0.1, 0.15) is 24.8 Å². The summed E-state index contributed by atoms with van der Waals surface area (Å²) in [5.74, 6) is 1.93. The van der Waals surface area contributed by atoms with E-state index in [2.05, 4.69) is 19.8 Å². The summed E-state index contributed by atoms with van der Waals surface area (Å²) in [5.41, 5.74) is 1.09. The molecule has 6 nitrogen and oxygen atoms in total. The summed E-state index contributed by atoms with van der Waals surface area (Å²) in [6, 6.07) is 9.68. The first kappa shape index (κ1) is 18.0. The molecule has 142 valence electrons. The molecule has 27 heavy (non-hydrogen) atoms. The molecular weight excluding hydrogens is 362 g/mol. The Kier molecular flexibility index (Phi) is 5.43. The molecule has 4 rings (SSSR count). The molecule has 2 aromatic rings. The number of hydrogen-bond acceptors (Lipinski definition) is 5. The van der Waals surface area contributed by atoms with Gasteiger partial charge in [-0.05, 0) is 37.0 Å². The minimum Gasteiger partial charge on any atom is -0.356 e. The first-order chi connectivity index (χ1) is 13.2. The van der Waals surface area contributed by atoms with Crippen molar-refractivity contribution in [1.29, 1.82) is 0 Å². The highest BCUT2D eigenvalue weighted by atomic mass is 35.5. The van der Waals surface area contributed by atoms with Crippen molar-refractivity contribution in [1.82, 2.24) is 14.9 Å². The average molecular weight is 386 g/mol. The Morgan fingerprint density at radius 1 is 0.889 bits per heavy atom. The van der Waals surface area contributed by atoms with Crippen molar-refractivity contribution in [2.24, 2.45) is 0 Å². The number of anilines is 2. The molecule has 0 unspecified atom stereocenters. The minimum atomic E-state index is 0.120. The zero-order valence-corrected chi connectivity index (χ0v) is 16.1. The van der Waals surface area contributed by atoms with E-state index in [1.54, 1.807) is 6.33 Å². The van der Waals surface area contributed by atoms with Gasteiger partial charge >= 0.3 is 0 Å². The second-order valence-corrected chi connectivity index (χ2v) is 7.58. The van der Waals surface area contributed by atoms with Crippen LogP contribution in [0.25, 0.3) is 0 Å². The van der Waals surface area contributed by atoms with Crippen LogP contribution >= 0.6 is 11.6 Å². The van der Waals surface area contributed by atoms with E-state index in [0.29, 0.717) is 24.7 Å². The predicted molar refractivity (Wildman–Crippen MR) is 107 cm³/mol. The molecule has 0 radical (unpaired) electrons. The molecule has 0 atom stereocenters. The molecule has 1 aromatic carbocycles. The number of piperidine rings is 1. The summed E-state index contributed by atoms with van der Waals surface area (Å²) in [4.78, 5) is 27.8. The van der Waals surface area contributed by atoms with Crippen molar-refractivity contribution >= 4 is 29.1 Å². The molecular formula is C20H24ClN5O. The van der Waals surface area contributed by atoms with Crippen LogP contribution < -0.4 is 9.80 Å². The van der Waals surface area contributed by atoms with Crippen LogP contribution in [0.4, 0.5) is 11.6 Å². The van der Waals surface area contributed by atoms with Crippen LogP contribution in [0.5, 0.6) is 0 Å². The van der Waals surface area contributed by atoms with Gasteiger partial charge in [-0.3, -0.25) is 4.79 Å². The van der Waals surface area contributed by atoms with Gasteiger partial charge < -0.3 is 14.7 Å². The van der Waals surface area contributed by atoms with Gasteiger partial charge in [-0.2, -0.15) is 0 Å². The van der Waals surface area contributed by atoms with E-state index >= 15 is 0 Å². The summed E-state index contributed by atoms with van der Waals surface area (Å²) in [6.07, 6.45) is 5.32. The summed E-state index contributed by atoms with van der Waals surface area (Å²) in [5, 5.41) is 0.711. The zero-order valence-electron chi connectivity index (χ0n) is 15.4. The second-order valence-electron chi connectivity index (χ2n) is 7.15. The largest absolute Gasteiger partial charge is 0.356 e. The number of hydrogen-bond donors (Lipinski definition) is 0. The zero-order chi connectivity index (χ0) is 18.6. The van der Waals surface area contributed by atoms with Crippen molar-refractivity contribution < 1.29 is 4.79 Å². The third-order valence-electron chi connectivity index (χ3n) is 5.25. The Morgan fingerprint density at radius 2 is 1.59 bits per heavy atom. The standard InChI is InChI=1S/C20H24ClN5O/c21-17-6-4-16(5-7-17)13-26-11-10-25(14-20(26)27)19-12-18(22-15-23-19)24-8-2-1-3-9-24/h4-7,12,15H,1-3,8-11,13-14H2. The molecule has 0 saturated carbocycles. The van der Waals surface area contributed by atoms with Gasteiger partial charge in [-0.25, -0.2) is 9.97 Å². The number of carbonyl (C=O) groups is 1. The van der Waals surface area contributed by atoms with Gasteiger partial charge in [0.05, 0.1) is 6.54 Å². The molecule has 1 aromatic heterocycles. The smallest absolute Gasteiger partial charge is 0.242 e.